The van der Waals surface area contributed by atoms with Gasteiger partial charge in [0.05, 0.1) is 30.5 Å². The fraction of sp³-hybridized carbons (Fsp3) is 0.172. The molecule has 2 aliphatic rings. The van der Waals surface area contributed by atoms with E-state index in [0.29, 0.717) is 9.33 Å². The van der Waals surface area contributed by atoms with Crippen LogP contribution in [0.2, 0.25) is 0 Å². The first-order valence-electron chi connectivity index (χ1n) is 11.7. The van der Waals surface area contributed by atoms with Crippen LogP contribution in [0.4, 0.5) is 0 Å². The molecule has 0 spiro atoms. The van der Waals surface area contributed by atoms with Crippen LogP contribution in [0.5, 0.6) is 11.5 Å². The lowest BCUT2D eigenvalue weighted by atomic mass is 9.83. The van der Waals surface area contributed by atoms with E-state index < -0.39 is 0 Å². The lowest BCUT2D eigenvalue weighted by molar-refractivity contribution is 0.392. The highest BCUT2D eigenvalue weighted by Gasteiger charge is 2.34. The van der Waals surface area contributed by atoms with Gasteiger partial charge in [0.2, 0.25) is 0 Å². The second-order valence-electron chi connectivity index (χ2n) is 8.78. The number of nitrogens with zero attached hydrogens (tertiary/aromatic N) is 2. The molecule has 1 atom stereocenters. The number of ether oxygens (including phenoxy) is 2. The molecule has 4 aromatic rings. The van der Waals surface area contributed by atoms with Crippen molar-refractivity contribution in [1.29, 1.82) is 0 Å². The number of thiazole rings is 1. The molecule has 3 aromatic carbocycles. The maximum absolute atomic E-state index is 13.9. The predicted octanol–water partition coefficient (Wildman–Crippen LogP) is 4.94. The Morgan fingerprint density at radius 3 is 2.69 bits per heavy atom. The summed E-state index contributed by atoms with van der Waals surface area (Å²) < 4.78 is 15.0. The van der Waals surface area contributed by atoms with Crippen molar-refractivity contribution in [2.75, 3.05) is 14.2 Å². The molecule has 6 rings (SSSR count). The highest BCUT2D eigenvalue weighted by atomic mass is 127. The van der Waals surface area contributed by atoms with E-state index in [-0.39, 0.29) is 11.6 Å². The summed E-state index contributed by atoms with van der Waals surface area (Å²) in [5, 5.41) is 0. The fourth-order valence-electron chi connectivity index (χ4n) is 5.10. The highest BCUT2D eigenvalue weighted by molar-refractivity contribution is 14.1. The molecule has 7 heteroatoms. The molecule has 0 saturated carbocycles. The van der Waals surface area contributed by atoms with E-state index in [1.807, 2.05) is 47.0 Å². The standard InChI is InChI=1S/C29H23IN2O3S/c1-34-20-11-13-24(35-2)23(16-20)27-22-12-10-18-7-3-4-9-21(18)26(22)31-29-32(27)28(33)25(36-29)15-17-6-5-8-19(30)14-17/h3-9,11,13-16,27H,10,12H2,1-2H3. The Bertz CT molecular complexity index is 1720. The summed E-state index contributed by atoms with van der Waals surface area (Å²) in [6.45, 7) is 0. The quantitative estimate of drug-likeness (QED) is 0.310. The number of benzene rings is 3. The molecule has 0 bridgehead atoms. The summed E-state index contributed by atoms with van der Waals surface area (Å²) >= 11 is 3.72. The van der Waals surface area contributed by atoms with Crippen molar-refractivity contribution in [2.24, 2.45) is 4.99 Å². The van der Waals surface area contributed by atoms with Crippen molar-refractivity contribution in [3.63, 3.8) is 0 Å². The van der Waals surface area contributed by atoms with Crippen LogP contribution >= 0.6 is 33.9 Å². The van der Waals surface area contributed by atoms with Gasteiger partial charge in [0, 0.05) is 14.7 Å². The Hall–Kier alpha value is -3.17. The number of halogens is 1. The van der Waals surface area contributed by atoms with Crippen molar-refractivity contribution in [1.82, 2.24) is 4.57 Å². The zero-order valence-electron chi connectivity index (χ0n) is 19.8. The average molecular weight is 606 g/mol. The maximum Gasteiger partial charge on any atom is 0.271 e. The minimum absolute atomic E-state index is 0.0436. The van der Waals surface area contributed by atoms with Crippen LogP contribution in [0.1, 0.15) is 34.7 Å². The lowest BCUT2D eigenvalue weighted by Gasteiger charge is -2.31. The molecule has 0 fully saturated rings. The van der Waals surface area contributed by atoms with Gasteiger partial charge in [-0.1, -0.05) is 47.7 Å². The maximum atomic E-state index is 13.9. The molecule has 5 nitrogen and oxygen atoms in total. The van der Waals surface area contributed by atoms with Gasteiger partial charge < -0.3 is 9.47 Å². The largest absolute Gasteiger partial charge is 0.497 e. The lowest BCUT2D eigenvalue weighted by Crippen LogP contribution is -2.39. The molecule has 36 heavy (non-hydrogen) atoms. The summed E-state index contributed by atoms with van der Waals surface area (Å²) in [6, 6.07) is 22.0. The normalized spacial score (nSPS) is 16.6. The van der Waals surface area contributed by atoms with Gasteiger partial charge >= 0.3 is 0 Å². The van der Waals surface area contributed by atoms with Crippen LogP contribution in [-0.2, 0) is 6.42 Å². The third-order valence-corrected chi connectivity index (χ3v) is 8.40. The molecule has 180 valence electrons. The summed E-state index contributed by atoms with van der Waals surface area (Å²) in [4.78, 5) is 19.7. The second kappa shape index (κ2) is 9.37. The van der Waals surface area contributed by atoms with Crippen LogP contribution in [-0.4, -0.2) is 18.8 Å². The Labute approximate surface area is 226 Å². The van der Waals surface area contributed by atoms with Gasteiger partial charge in [-0.05, 0) is 88.5 Å². The number of aryl methyl sites for hydroxylation is 1. The molecule has 1 aliphatic heterocycles. The minimum atomic E-state index is -0.326. The third kappa shape index (κ3) is 3.90. The fourth-order valence-corrected chi connectivity index (χ4v) is 6.67. The number of fused-ring (bicyclic) bond motifs is 3. The monoisotopic (exact) mass is 606 g/mol. The first-order valence-corrected chi connectivity index (χ1v) is 13.6. The zero-order valence-corrected chi connectivity index (χ0v) is 22.8. The molecule has 0 saturated heterocycles. The first-order chi connectivity index (χ1) is 17.6. The van der Waals surface area contributed by atoms with Gasteiger partial charge in [0.15, 0.2) is 4.80 Å². The van der Waals surface area contributed by atoms with Crippen molar-refractivity contribution in [3.8, 4) is 11.5 Å². The second-order valence-corrected chi connectivity index (χ2v) is 11.0. The number of allylic oxidation sites excluding steroid dienone is 1. The minimum Gasteiger partial charge on any atom is -0.497 e. The van der Waals surface area contributed by atoms with Crippen molar-refractivity contribution in [3.05, 3.63) is 118 Å². The average Bonchev–Trinajstić information content (AvgIpc) is 3.21. The topological polar surface area (TPSA) is 52.8 Å². The molecule has 1 aromatic heterocycles. The van der Waals surface area contributed by atoms with E-state index in [1.54, 1.807) is 14.2 Å². The Morgan fingerprint density at radius 1 is 1.03 bits per heavy atom. The van der Waals surface area contributed by atoms with E-state index in [2.05, 4.69) is 52.9 Å². The number of hydrogen-bond donors (Lipinski definition) is 0. The van der Waals surface area contributed by atoms with Crippen LogP contribution in [0.25, 0.3) is 11.8 Å². The SMILES string of the molecule is COc1ccc(OC)c(C2C3=C(N=c4sc(=Cc5cccc(I)c5)c(=O)n42)c2ccccc2CC3)c1. The van der Waals surface area contributed by atoms with Crippen molar-refractivity contribution < 1.29 is 9.47 Å². The molecular formula is C29H23IN2O3S. The molecule has 1 aliphatic carbocycles. The Balaban J connectivity index is 1.66. The van der Waals surface area contributed by atoms with Crippen molar-refractivity contribution in [2.45, 2.75) is 18.9 Å². The Kier molecular flexibility index (Phi) is 6.05. The number of hydrogen-bond acceptors (Lipinski definition) is 5. The van der Waals surface area contributed by atoms with Gasteiger partial charge in [-0.2, -0.15) is 0 Å². The summed E-state index contributed by atoms with van der Waals surface area (Å²) in [5.41, 5.74) is 6.38. The van der Waals surface area contributed by atoms with Gasteiger partial charge in [-0.3, -0.25) is 9.36 Å². The zero-order chi connectivity index (χ0) is 24.8. The highest BCUT2D eigenvalue weighted by Crippen LogP contribution is 2.44. The van der Waals surface area contributed by atoms with E-state index in [1.165, 1.54) is 16.9 Å². The smallest absolute Gasteiger partial charge is 0.271 e. The predicted molar refractivity (Wildman–Crippen MR) is 151 cm³/mol. The van der Waals surface area contributed by atoms with Gasteiger partial charge in [0.25, 0.3) is 5.56 Å². The summed E-state index contributed by atoms with van der Waals surface area (Å²) in [5.74, 6) is 1.45. The molecule has 1 unspecified atom stereocenters. The Morgan fingerprint density at radius 2 is 1.89 bits per heavy atom. The molecule has 2 heterocycles. The first kappa shape index (κ1) is 23.2. The summed E-state index contributed by atoms with van der Waals surface area (Å²) in [7, 11) is 3.32. The van der Waals surface area contributed by atoms with Crippen LogP contribution in [0, 0.1) is 3.57 Å². The van der Waals surface area contributed by atoms with Crippen molar-refractivity contribution >= 4 is 45.7 Å². The summed E-state index contributed by atoms with van der Waals surface area (Å²) in [6.07, 6.45) is 3.68. The number of aromatic nitrogens is 1. The van der Waals surface area contributed by atoms with Gasteiger partial charge in [-0.25, -0.2) is 4.99 Å². The van der Waals surface area contributed by atoms with Crippen LogP contribution < -0.4 is 24.4 Å². The molecule has 0 N–H and O–H groups in total. The molecular weight excluding hydrogens is 583 g/mol. The van der Waals surface area contributed by atoms with E-state index >= 15 is 0 Å². The van der Waals surface area contributed by atoms with Gasteiger partial charge in [0.1, 0.15) is 11.5 Å². The third-order valence-electron chi connectivity index (χ3n) is 6.75. The van der Waals surface area contributed by atoms with E-state index in [9.17, 15) is 4.79 Å². The van der Waals surface area contributed by atoms with Crippen LogP contribution in [0.15, 0.2) is 82.1 Å². The van der Waals surface area contributed by atoms with Crippen LogP contribution in [0.3, 0.4) is 0 Å². The van der Waals surface area contributed by atoms with Gasteiger partial charge in [-0.15, -0.1) is 0 Å². The number of rotatable bonds is 4. The number of methoxy groups -OCH3 is 2. The molecule has 0 amide bonds. The molecule has 0 radical (unpaired) electrons. The van der Waals surface area contributed by atoms with E-state index in [0.717, 1.165) is 55.9 Å². The van der Waals surface area contributed by atoms with E-state index in [4.69, 9.17) is 14.5 Å².